The van der Waals surface area contributed by atoms with Gasteiger partial charge in [-0.1, -0.05) is 28.1 Å². The van der Waals surface area contributed by atoms with E-state index in [1.165, 1.54) is 25.3 Å². The second kappa shape index (κ2) is 7.09. The van der Waals surface area contributed by atoms with E-state index in [0.717, 1.165) is 10.0 Å². The van der Waals surface area contributed by atoms with Gasteiger partial charge in [0.1, 0.15) is 5.75 Å². The smallest absolute Gasteiger partial charge is 0.337 e. The van der Waals surface area contributed by atoms with Gasteiger partial charge in [-0.2, -0.15) is 0 Å². The molecule has 5 nitrogen and oxygen atoms in total. The van der Waals surface area contributed by atoms with Crippen molar-refractivity contribution in [3.05, 3.63) is 58.1 Å². The number of nitrogens with one attached hydrogen (secondary N) is 1. The van der Waals surface area contributed by atoms with Crippen molar-refractivity contribution in [1.82, 2.24) is 0 Å². The number of ether oxygens (including phenoxy) is 1. The number of methoxy groups -OCH3 is 1. The molecule has 2 aromatic carbocycles. The minimum atomic E-state index is -0.553. The number of amides is 1. The summed E-state index contributed by atoms with van der Waals surface area (Å²) in [5, 5.41) is 12.5. The first-order valence-corrected chi connectivity index (χ1v) is 7.24. The number of carbonyl (C=O) groups excluding carboxylic acids is 2. The fraction of sp³-hybridized carbons (Fsp3) is 0.125. The first-order valence-electron chi connectivity index (χ1n) is 6.45. The van der Waals surface area contributed by atoms with Crippen LogP contribution < -0.4 is 5.32 Å². The van der Waals surface area contributed by atoms with E-state index in [-0.39, 0.29) is 29.3 Å². The number of anilines is 1. The third-order valence-electron chi connectivity index (χ3n) is 2.97. The van der Waals surface area contributed by atoms with Gasteiger partial charge < -0.3 is 15.2 Å². The maximum absolute atomic E-state index is 12.0. The topological polar surface area (TPSA) is 75.6 Å². The number of esters is 1. The van der Waals surface area contributed by atoms with Gasteiger partial charge in [-0.05, 0) is 35.9 Å². The Labute approximate surface area is 136 Å². The molecule has 0 unspecified atom stereocenters. The molecule has 6 heteroatoms. The zero-order valence-corrected chi connectivity index (χ0v) is 13.4. The van der Waals surface area contributed by atoms with Gasteiger partial charge in [0.2, 0.25) is 5.91 Å². The molecule has 0 saturated heterocycles. The summed E-state index contributed by atoms with van der Waals surface area (Å²) in [6, 6.07) is 11.6. The molecule has 0 aliphatic rings. The molecule has 2 rings (SSSR count). The molecule has 0 aromatic heterocycles. The number of halogens is 1. The lowest BCUT2D eigenvalue weighted by Crippen LogP contribution is -2.14. The molecule has 1 amide bonds. The standard InChI is InChI=1S/C16H14BrNO4/c1-22-16(21)11-4-7-13(14(19)9-11)18-15(20)8-10-2-5-12(17)6-3-10/h2-7,9,19H,8H2,1H3,(H,18,20). The van der Waals surface area contributed by atoms with Crippen molar-refractivity contribution >= 4 is 33.5 Å². The SMILES string of the molecule is COC(=O)c1ccc(NC(=O)Cc2ccc(Br)cc2)c(O)c1. The van der Waals surface area contributed by atoms with Crippen molar-refractivity contribution in [3.8, 4) is 5.75 Å². The van der Waals surface area contributed by atoms with E-state index in [9.17, 15) is 14.7 Å². The molecule has 0 radical (unpaired) electrons. The minimum absolute atomic E-state index is 0.186. The second-order valence-corrected chi connectivity index (χ2v) is 5.49. The largest absolute Gasteiger partial charge is 0.506 e. The zero-order valence-electron chi connectivity index (χ0n) is 11.8. The van der Waals surface area contributed by atoms with Crippen molar-refractivity contribution < 1.29 is 19.4 Å². The third-order valence-corrected chi connectivity index (χ3v) is 3.50. The van der Waals surface area contributed by atoms with Crippen LogP contribution >= 0.6 is 15.9 Å². The van der Waals surface area contributed by atoms with E-state index >= 15 is 0 Å². The Bertz CT molecular complexity index is 698. The van der Waals surface area contributed by atoms with E-state index in [2.05, 4.69) is 26.0 Å². The average molecular weight is 364 g/mol. The van der Waals surface area contributed by atoms with E-state index in [1.807, 2.05) is 24.3 Å². The summed E-state index contributed by atoms with van der Waals surface area (Å²) in [5.74, 6) is -1.00. The summed E-state index contributed by atoms with van der Waals surface area (Å²) in [6.45, 7) is 0. The lowest BCUT2D eigenvalue weighted by atomic mass is 10.1. The molecule has 0 heterocycles. The lowest BCUT2D eigenvalue weighted by Gasteiger charge is -2.09. The van der Waals surface area contributed by atoms with Crippen molar-refractivity contribution in [2.24, 2.45) is 0 Å². The Hall–Kier alpha value is -2.34. The molecule has 114 valence electrons. The van der Waals surface area contributed by atoms with Gasteiger partial charge in [0.25, 0.3) is 0 Å². The third kappa shape index (κ3) is 4.08. The summed E-state index contributed by atoms with van der Waals surface area (Å²) in [7, 11) is 1.26. The summed E-state index contributed by atoms with van der Waals surface area (Å²) >= 11 is 3.33. The zero-order chi connectivity index (χ0) is 16.1. The number of aromatic hydroxyl groups is 1. The van der Waals surface area contributed by atoms with Crippen LogP contribution in [0.5, 0.6) is 5.75 Å². The summed E-state index contributed by atoms with van der Waals surface area (Å²) in [6.07, 6.45) is 0.186. The predicted octanol–water partition coefficient (Wildman–Crippen LogP) is 3.12. The molecular weight excluding hydrogens is 350 g/mol. The first-order chi connectivity index (χ1) is 10.5. The molecule has 0 aliphatic carbocycles. The number of benzene rings is 2. The average Bonchev–Trinajstić information content (AvgIpc) is 2.50. The normalized spacial score (nSPS) is 10.1. The van der Waals surface area contributed by atoms with Crippen LogP contribution in [0.3, 0.4) is 0 Å². The highest BCUT2D eigenvalue weighted by Crippen LogP contribution is 2.25. The van der Waals surface area contributed by atoms with Crippen molar-refractivity contribution in [3.63, 3.8) is 0 Å². The number of rotatable bonds is 4. The van der Waals surface area contributed by atoms with Crippen LogP contribution in [0.2, 0.25) is 0 Å². The van der Waals surface area contributed by atoms with Gasteiger partial charge in [-0.15, -0.1) is 0 Å². The Balaban J connectivity index is 2.05. The molecule has 22 heavy (non-hydrogen) atoms. The van der Waals surface area contributed by atoms with Crippen LogP contribution in [0, 0.1) is 0 Å². The van der Waals surface area contributed by atoms with Crippen molar-refractivity contribution in [2.75, 3.05) is 12.4 Å². The second-order valence-electron chi connectivity index (χ2n) is 4.57. The number of carbonyl (C=O) groups is 2. The van der Waals surface area contributed by atoms with Crippen LogP contribution in [-0.2, 0) is 16.0 Å². The van der Waals surface area contributed by atoms with Gasteiger partial charge in [-0.3, -0.25) is 4.79 Å². The highest BCUT2D eigenvalue weighted by Gasteiger charge is 2.11. The highest BCUT2D eigenvalue weighted by molar-refractivity contribution is 9.10. The molecule has 0 saturated carbocycles. The van der Waals surface area contributed by atoms with Crippen LogP contribution in [0.4, 0.5) is 5.69 Å². The van der Waals surface area contributed by atoms with Gasteiger partial charge in [0, 0.05) is 4.47 Å². The monoisotopic (exact) mass is 363 g/mol. The fourth-order valence-electron chi connectivity index (χ4n) is 1.86. The minimum Gasteiger partial charge on any atom is -0.506 e. The van der Waals surface area contributed by atoms with Gasteiger partial charge >= 0.3 is 5.97 Å². The molecule has 0 spiro atoms. The molecule has 0 aliphatic heterocycles. The van der Waals surface area contributed by atoms with Crippen molar-refractivity contribution in [2.45, 2.75) is 6.42 Å². The van der Waals surface area contributed by atoms with Crippen LogP contribution in [-0.4, -0.2) is 24.1 Å². The summed E-state index contributed by atoms with van der Waals surface area (Å²) in [5.41, 5.74) is 1.31. The van der Waals surface area contributed by atoms with Gasteiger partial charge in [0.15, 0.2) is 0 Å². The summed E-state index contributed by atoms with van der Waals surface area (Å²) in [4.78, 5) is 23.3. The van der Waals surface area contributed by atoms with Gasteiger partial charge in [-0.25, -0.2) is 4.79 Å². The van der Waals surface area contributed by atoms with Crippen molar-refractivity contribution in [1.29, 1.82) is 0 Å². The number of hydrogen-bond acceptors (Lipinski definition) is 4. The number of hydrogen-bond donors (Lipinski definition) is 2. The number of phenols is 1. The van der Waals surface area contributed by atoms with E-state index in [4.69, 9.17) is 0 Å². The maximum atomic E-state index is 12.0. The van der Waals surface area contributed by atoms with E-state index in [0.29, 0.717) is 0 Å². The van der Waals surface area contributed by atoms with Gasteiger partial charge in [0.05, 0.1) is 24.8 Å². The number of phenolic OH excluding ortho intramolecular Hbond substituents is 1. The maximum Gasteiger partial charge on any atom is 0.337 e. The highest BCUT2D eigenvalue weighted by atomic mass is 79.9. The lowest BCUT2D eigenvalue weighted by molar-refractivity contribution is -0.115. The quantitative estimate of drug-likeness (QED) is 0.646. The predicted molar refractivity (Wildman–Crippen MR) is 85.9 cm³/mol. The van der Waals surface area contributed by atoms with Crippen LogP contribution in [0.15, 0.2) is 46.9 Å². The Morgan fingerprint density at radius 2 is 1.86 bits per heavy atom. The Morgan fingerprint density at radius 3 is 2.45 bits per heavy atom. The molecule has 0 fully saturated rings. The molecule has 0 bridgehead atoms. The molecule has 0 atom stereocenters. The Morgan fingerprint density at radius 1 is 1.18 bits per heavy atom. The van der Waals surface area contributed by atoms with Crippen LogP contribution in [0.1, 0.15) is 15.9 Å². The van der Waals surface area contributed by atoms with E-state index in [1.54, 1.807) is 0 Å². The molecule has 2 N–H and O–H groups in total. The van der Waals surface area contributed by atoms with E-state index < -0.39 is 5.97 Å². The summed E-state index contributed by atoms with van der Waals surface area (Å²) < 4.78 is 5.50. The van der Waals surface area contributed by atoms with Crippen LogP contribution in [0.25, 0.3) is 0 Å². The fourth-order valence-corrected chi connectivity index (χ4v) is 2.13. The molecular formula is C16H14BrNO4. The molecule has 2 aromatic rings. The first kappa shape index (κ1) is 16.0. The Kier molecular flexibility index (Phi) is 5.16.